The monoisotopic (exact) mass is 362 g/mol. The van der Waals surface area contributed by atoms with Crippen LogP contribution in [0, 0.1) is 6.92 Å². The Bertz CT molecular complexity index is 859. The van der Waals surface area contributed by atoms with Crippen molar-refractivity contribution in [3.63, 3.8) is 0 Å². The summed E-state index contributed by atoms with van der Waals surface area (Å²) in [6.45, 7) is 1.81. The van der Waals surface area contributed by atoms with Gasteiger partial charge < -0.3 is 9.64 Å². The van der Waals surface area contributed by atoms with E-state index in [9.17, 15) is 13.2 Å². The molecule has 0 saturated heterocycles. The Kier molecular flexibility index (Phi) is 5.69. The molecule has 0 aliphatic carbocycles. The van der Waals surface area contributed by atoms with E-state index in [1.807, 2.05) is 6.92 Å². The van der Waals surface area contributed by atoms with E-state index in [0.29, 0.717) is 5.69 Å². The number of methoxy groups -OCH3 is 1. The summed E-state index contributed by atoms with van der Waals surface area (Å²) < 4.78 is 33.0. The molecule has 0 saturated carbocycles. The predicted octanol–water partition coefficient (Wildman–Crippen LogP) is 2.44. The Morgan fingerprint density at radius 1 is 1.12 bits per heavy atom. The highest BCUT2D eigenvalue weighted by Gasteiger charge is 2.20. The van der Waals surface area contributed by atoms with Gasteiger partial charge in [-0.15, -0.1) is 0 Å². The van der Waals surface area contributed by atoms with E-state index in [1.165, 1.54) is 12.0 Å². The number of nitrogens with zero attached hydrogens (tertiary/aromatic N) is 1. The highest BCUT2D eigenvalue weighted by Crippen LogP contribution is 2.26. The van der Waals surface area contributed by atoms with Crippen LogP contribution in [0.1, 0.15) is 11.1 Å². The van der Waals surface area contributed by atoms with E-state index in [1.54, 1.807) is 56.6 Å². The predicted molar refractivity (Wildman–Crippen MR) is 97.4 cm³/mol. The third kappa shape index (κ3) is 4.73. The maximum Gasteiger partial charge on any atom is 0.265 e. The quantitative estimate of drug-likeness (QED) is 0.856. The van der Waals surface area contributed by atoms with E-state index >= 15 is 0 Å². The molecule has 0 heterocycles. The van der Waals surface area contributed by atoms with Gasteiger partial charge in [-0.05, 0) is 42.3 Å². The molecule has 0 aliphatic rings. The molecule has 0 spiro atoms. The van der Waals surface area contributed by atoms with Gasteiger partial charge in [0.15, 0.2) is 0 Å². The number of anilines is 1. The molecule has 0 radical (unpaired) electrons. The van der Waals surface area contributed by atoms with Crippen LogP contribution in [0.2, 0.25) is 0 Å². The summed E-state index contributed by atoms with van der Waals surface area (Å²) in [4.78, 5) is 13.3. The number of benzene rings is 2. The lowest BCUT2D eigenvalue weighted by atomic mass is 10.1. The Morgan fingerprint density at radius 3 is 2.32 bits per heavy atom. The molecule has 134 valence electrons. The standard InChI is InChI=1S/C18H22N2O4S/c1-13-5-10-16(24-4)17(11-13)25(22,23)19-15-8-6-14(7-9-15)12-18(21)20(2)3/h5-11,19H,12H2,1-4H3. The number of nitrogens with one attached hydrogen (secondary N) is 1. The first kappa shape index (κ1) is 18.8. The molecule has 0 fully saturated rings. The van der Waals surface area contributed by atoms with Crippen LogP contribution >= 0.6 is 0 Å². The van der Waals surface area contributed by atoms with Crippen LogP contribution in [0.3, 0.4) is 0 Å². The second-order valence-electron chi connectivity index (χ2n) is 5.92. The maximum atomic E-state index is 12.6. The zero-order valence-electron chi connectivity index (χ0n) is 14.7. The summed E-state index contributed by atoms with van der Waals surface area (Å²) in [5.74, 6) is 0.268. The normalized spacial score (nSPS) is 11.0. The Labute approximate surface area is 148 Å². The van der Waals surface area contributed by atoms with Crippen molar-refractivity contribution in [2.24, 2.45) is 0 Å². The van der Waals surface area contributed by atoms with E-state index < -0.39 is 10.0 Å². The van der Waals surface area contributed by atoms with Gasteiger partial charge in [0.25, 0.3) is 10.0 Å². The molecule has 0 bridgehead atoms. The van der Waals surface area contributed by atoms with E-state index in [-0.39, 0.29) is 23.0 Å². The zero-order chi connectivity index (χ0) is 18.6. The van der Waals surface area contributed by atoms with Crippen LogP contribution in [-0.2, 0) is 21.2 Å². The third-order valence-electron chi connectivity index (χ3n) is 3.67. The SMILES string of the molecule is COc1ccc(C)cc1S(=O)(=O)Nc1ccc(CC(=O)N(C)C)cc1. The maximum absolute atomic E-state index is 12.6. The number of likely N-dealkylation sites (N-methyl/N-ethyl adjacent to an activating group) is 1. The number of hydrogen-bond donors (Lipinski definition) is 1. The van der Waals surface area contributed by atoms with Crippen molar-refractivity contribution in [1.82, 2.24) is 4.90 Å². The van der Waals surface area contributed by atoms with Crippen LogP contribution in [0.4, 0.5) is 5.69 Å². The highest BCUT2D eigenvalue weighted by atomic mass is 32.2. The van der Waals surface area contributed by atoms with Crippen molar-refractivity contribution in [3.05, 3.63) is 53.6 Å². The molecule has 2 aromatic rings. The average Bonchev–Trinajstić information content (AvgIpc) is 2.56. The van der Waals surface area contributed by atoms with Gasteiger partial charge in [-0.2, -0.15) is 0 Å². The van der Waals surface area contributed by atoms with Gasteiger partial charge >= 0.3 is 0 Å². The number of carbonyl (C=O) groups is 1. The number of hydrogen-bond acceptors (Lipinski definition) is 4. The molecular weight excluding hydrogens is 340 g/mol. The largest absolute Gasteiger partial charge is 0.495 e. The summed E-state index contributed by atoms with van der Waals surface area (Å²) in [6, 6.07) is 11.7. The molecule has 0 unspecified atom stereocenters. The minimum atomic E-state index is -3.78. The molecule has 6 nitrogen and oxygen atoms in total. The molecule has 1 N–H and O–H groups in total. The van der Waals surface area contributed by atoms with Crippen molar-refractivity contribution in [2.75, 3.05) is 25.9 Å². The number of aryl methyl sites for hydroxylation is 1. The van der Waals surface area contributed by atoms with Gasteiger partial charge in [0.2, 0.25) is 5.91 Å². The van der Waals surface area contributed by atoms with Crippen LogP contribution in [0.15, 0.2) is 47.4 Å². The lowest BCUT2D eigenvalue weighted by molar-refractivity contribution is -0.127. The summed E-state index contributed by atoms with van der Waals surface area (Å²) in [7, 11) is 1.04. The summed E-state index contributed by atoms with van der Waals surface area (Å²) in [5.41, 5.74) is 2.05. The van der Waals surface area contributed by atoms with Crippen LogP contribution in [0.5, 0.6) is 5.75 Å². The Balaban J connectivity index is 2.21. The number of sulfonamides is 1. The van der Waals surface area contributed by atoms with Gasteiger partial charge in [0.1, 0.15) is 10.6 Å². The summed E-state index contributed by atoms with van der Waals surface area (Å²) in [5, 5.41) is 0. The van der Waals surface area contributed by atoms with Crippen molar-refractivity contribution in [2.45, 2.75) is 18.2 Å². The molecule has 0 aromatic heterocycles. The van der Waals surface area contributed by atoms with Crippen LogP contribution in [-0.4, -0.2) is 40.4 Å². The number of ether oxygens (including phenoxy) is 1. The first-order chi connectivity index (χ1) is 11.7. The van der Waals surface area contributed by atoms with E-state index in [0.717, 1.165) is 11.1 Å². The molecule has 2 rings (SSSR count). The second kappa shape index (κ2) is 7.57. The van der Waals surface area contributed by atoms with Gasteiger partial charge in [-0.1, -0.05) is 18.2 Å². The highest BCUT2D eigenvalue weighted by molar-refractivity contribution is 7.92. The lowest BCUT2D eigenvalue weighted by Gasteiger charge is -2.13. The minimum absolute atomic E-state index is 0.0159. The van der Waals surface area contributed by atoms with Crippen molar-refractivity contribution in [3.8, 4) is 5.75 Å². The fourth-order valence-electron chi connectivity index (χ4n) is 2.23. The molecule has 25 heavy (non-hydrogen) atoms. The topological polar surface area (TPSA) is 75.7 Å². The fourth-order valence-corrected chi connectivity index (χ4v) is 3.54. The number of amides is 1. The average molecular weight is 362 g/mol. The second-order valence-corrected chi connectivity index (χ2v) is 7.57. The van der Waals surface area contributed by atoms with Gasteiger partial charge in [0, 0.05) is 19.8 Å². The van der Waals surface area contributed by atoms with Crippen molar-refractivity contribution in [1.29, 1.82) is 0 Å². The Hall–Kier alpha value is -2.54. The number of carbonyl (C=O) groups excluding carboxylic acids is 1. The summed E-state index contributed by atoms with van der Waals surface area (Å²) in [6.07, 6.45) is 0.270. The first-order valence-corrected chi connectivity index (χ1v) is 9.18. The van der Waals surface area contributed by atoms with Crippen LogP contribution < -0.4 is 9.46 Å². The zero-order valence-corrected chi connectivity index (χ0v) is 15.6. The molecule has 2 aromatic carbocycles. The molecule has 0 atom stereocenters. The molecule has 0 aliphatic heterocycles. The van der Waals surface area contributed by atoms with E-state index in [2.05, 4.69) is 4.72 Å². The molecular formula is C18H22N2O4S. The van der Waals surface area contributed by atoms with E-state index in [4.69, 9.17) is 4.74 Å². The fraction of sp³-hybridized carbons (Fsp3) is 0.278. The first-order valence-electron chi connectivity index (χ1n) is 7.69. The number of rotatable bonds is 6. The van der Waals surface area contributed by atoms with Gasteiger partial charge in [0.05, 0.1) is 13.5 Å². The molecule has 7 heteroatoms. The van der Waals surface area contributed by atoms with Gasteiger partial charge in [-0.25, -0.2) is 8.42 Å². The van der Waals surface area contributed by atoms with Crippen molar-refractivity contribution >= 4 is 21.6 Å². The lowest BCUT2D eigenvalue weighted by Crippen LogP contribution is -2.23. The van der Waals surface area contributed by atoms with Gasteiger partial charge in [-0.3, -0.25) is 9.52 Å². The van der Waals surface area contributed by atoms with Crippen molar-refractivity contribution < 1.29 is 17.9 Å². The molecule has 1 amide bonds. The smallest absolute Gasteiger partial charge is 0.265 e. The third-order valence-corrected chi connectivity index (χ3v) is 5.07. The Morgan fingerprint density at radius 2 is 1.76 bits per heavy atom. The van der Waals surface area contributed by atoms with Crippen LogP contribution in [0.25, 0.3) is 0 Å². The minimum Gasteiger partial charge on any atom is -0.495 e. The summed E-state index contributed by atoms with van der Waals surface area (Å²) >= 11 is 0.